The smallest absolute Gasteiger partial charge is 0.338 e. The van der Waals surface area contributed by atoms with Crippen molar-refractivity contribution in [1.82, 2.24) is 0 Å². The van der Waals surface area contributed by atoms with Crippen molar-refractivity contribution >= 4 is 21.3 Å². The molecule has 0 aromatic heterocycles. The van der Waals surface area contributed by atoms with Crippen molar-refractivity contribution in [2.24, 2.45) is 5.41 Å². The fraction of sp³-hybridized carbons (Fsp3) is 0.529. The minimum atomic E-state index is -0.929. The van der Waals surface area contributed by atoms with Gasteiger partial charge in [-0.2, -0.15) is 0 Å². The Hall–Kier alpha value is -1.46. The van der Waals surface area contributed by atoms with E-state index in [1.807, 2.05) is 0 Å². The van der Waals surface area contributed by atoms with Crippen LogP contribution in [0.15, 0.2) is 18.2 Å². The summed E-state index contributed by atoms with van der Waals surface area (Å²) in [6.45, 7) is 12.4. The van der Waals surface area contributed by atoms with Crippen molar-refractivity contribution in [3.05, 3.63) is 34.9 Å². The maximum Gasteiger partial charge on any atom is 0.338 e. The first-order valence-electron chi connectivity index (χ1n) is 7.43. The first-order valence-corrected chi connectivity index (χ1v) is 9.84. The molecule has 0 fully saturated rings. The number of ether oxygens (including phenoxy) is 1. The van der Waals surface area contributed by atoms with Crippen molar-refractivity contribution in [3.8, 4) is 0 Å². The van der Waals surface area contributed by atoms with Gasteiger partial charge in [0.15, 0.2) is 0 Å². The molecule has 0 saturated heterocycles. The molecule has 1 rings (SSSR count). The fourth-order valence-corrected chi connectivity index (χ4v) is 3.17. The molecule has 0 amide bonds. The maximum absolute atomic E-state index is 12.0. The molecule has 0 spiro atoms. The predicted octanol–water partition coefficient (Wildman–Crippen LogP) is 4.03. The lowest BCUT2D eigenvalue weighted by Crippen LogP contribution is -2.26. The molecule has 5 heteroatoms. The van der Waals surface area contributed by atoms with Gasteiger partial charge in [0, 0.05) is 5.56 Å². The van der Waals surface area contributed by atoms with E-state index in [4.69, 9.17) is 9.16 Å². The van der Waals surface area contributed by atoms with Crippen LogP contribution in [0.3, 0.4) is 0 Å². The minimum Gasteiger partial charge on any atom is -0.462 e. The Morgan fingerprint density at radius 2 is 1.91 bits per heavy atom. The molecular weight excluding hydrogens is 296 g/mol. The number of hydrogen-bond donors (Lipinski definition) is 0. The number of carbonyl (C=O) groups excluding carboxylic acids is 2. The van der Waals surface area contributed by atoms with E-state index in [0.717, 1.165) is 11.8 Å². The summed E-state index contributed by atoms with van der Waals surface area (Å²) in [7, 11) is -0.929. The molecule has 0 aliphatic heterocycles. The number of rotatable bonds is 6. The third kappa shape index (κ3) is 5.07. The van der Waals surface area contributed by atoms with E-state index in [9.17, 15) is 9.59 Å². The Balaban J connectivity index is 3.33. The van der Waals surface area contributed by atoms with Gasteiger partial charge in [0.05, 0.1) is 18.3 Å². The lowest BCUT2D eigenvalue weighted by molar-refractivity contribution is 0.0524. The molecule has 0 bridgehead atoms. The van der Waals surface area contributed by atoms with Crippen molar-refractivity contribution in [3.63, 3.8) is 0 Å². The Morgan fingerprint density at radius 1 is 1.27 bits per heavy atom. The van der Waals surface area contributed by atoms with Gasteiger partial charge >= 0.3 is 5.97 Å². The highest BCUT2D eigenvalue weighted by Gasteiger charge is 2.29. The number of aldehydes is 1. The molecule has 0 saturated carbocycles. The Morgan fingerprint density at radius 3 is 2.36 bits per heavy atom. The first-order chi connectivity index (χ1) is 10.2. The second-order valence-electron chi connectivity index (χ2n) is 6.50. The molecule has 1 unspecified atom stereocenters. The molecule has 0 aliphatic carbocycles. The molecule has 4 nitrogen and oxygen atoms in total. The van der Waals surface area contributed by atoms with Crippen LogP contribution < -0.4 is 0 Å². The second kappa shape index (κ2) is 7.69. The molecule has 1 atom stereocenters. The van der Waals surface area contributed by atoms with Gasteiger partial charge in [0.25, 0.3) is 0 Å². The minimum absolute atomic E-state index is 0.143. The summed E-state index contributed by atoms with van der Waals surface area (Å²) in [5, 5.41) is 0. The van der Waals surface area contributed by atoms with Crippen molar-refractivity contribution in [1.29, 1.82) is 0 Å². The van der Waals surface area contributed by atoms with Crippen LogP contribution in [0.1, 0.15) is 60.1 Å². The highest BCUT2D eigenvalue weighted by Crippen LogP contribution is 2.37. The van der Waals surface area contributed by atoms with Crippen LogP contribution in [0, 0.1) is 5.41 Å². The number of carbonyl (C=O) groups is 2. The summed E-state index contributed by atoms with van der Waals surface area (Å²) >= 11 is 0. The first kappa shape index (κ1) is 18.6. The summed E-state index contributed by atoms with van der Waals surface area (Å²) in [6, 6.07) is 5.11. The fourth-order valence-electron chi connectivity index (χ4n) is 2.21. The van der Waals surface area contributed by atoms with Crippen LogP contribution in [0.4, 0.5) is 0 Å². The van der Waals surface area contributed by atoms with Gasteiger partial charge in [-0.25, -0.2) is 4.79 Å². The summed E-state index contributed by atoms with van der Waals surface area (Å²) < 4.78 is 11.2. The third-order valence-corrected chi connectivity index (χ3v) is 3.77. The summed E-state index contributed by atoms with van der Waals surface area (Å²) in [6.07, 6.45) is 0.569. The van der Waals surface area contributed by atoms with Crippen LogP contribution in [-0.4, -0.2) is 27.9 Å². The second-order valence-corrected chi connectivity index (χ2v) is 8.55. The van der Waals surface area contributed by atoms with Crippen LogP contribution in [0.2, 0.25) is 13.1 Å². The zero-order valence-corrected chi connectivity index (χ0v) is 15.2. The van der Waals surface area contributed by atoms with Gasteiger partial charge in [0.1, 0.15) is 6.29 Å². The quantitative estimate of drug-likeness (QED) is 0.451. The van der Waals surface area contributed by atoms with Gasteiger partial charge in [-0.15, -0.1) is 0 Å². The van der Waals surface area contributed by atoms with Crippen LogP contribution in [-0.2, 0) is 9.16 Å². The standard InChI is InChI=1S/C17H25O4Si/c1-7-20-16(19)14-9-12(11-18)8-13(10-14)15(17(2,3)4)21-22(5)6/h8-11,15H,7H2,1-6H3. The predicted molar refractivity (Wildman–Crippen MR) is 88.5 cm³/mol. The molecule has 1 aromatic carbocycles. The Kier molecular flexibility index (Phi) is 6.50. The normalized spacial score (nSPS) is 13.0. The number of esters is 1. The number of benzene rings is 1. The SMILES string of the molecule is CCOC(=O)c1cc(C=O)cc(C(O[Si](C)C)C(C)(C)C)c1. The van der Waals surface area contributed by atoms with Gasteiger partial charge in [0.2, 0.25) is 9.04 Å². The zero-order valence-electron chi connectivity index (χ0n) is 14.2. The molecular formula is C17H25O4Si. The molecule has 0 heterocycles. The van der Waals surface area contributed by atoms with Crippen molar-refractivity contribution < 1.29 is 18.8 Å². The highest BCUT2D eigenvalue weighted by atomic mass is 28.3. The van der Waals surface area contributed by atoms with Crippen LogP contribution in [0.5, 0.6) is 0 Å². The van der Waals surface area contributed by atoms with Gasteiger partial charge in [-0.3, -0.25) is 4.79 Å². The Labute approximate surface area is 134 Å². The van der Waals surface area contributed by atoms with Crippen LogP contribution in [0.25, 0.3) is 0 Å². The van der Waals surface area contributed by atoms with E-state index >= 15 is 0 Å². The Bertz CT molecular complexity index is 532. The van der Waals surface area contributed by atoms with Gasteiger partial charge < -0.3 is 9.16 Å². The van der Waals surface area contributed by atoms with Gasteiger partial charge in [-0.05, 0) is 49.2 Å². The van der Waals surface area contributed by atoms with E-state index in [0.29, 0.717) is 17.7 Å². The summed E-state index contributed by atoms with van der Waals surface area (Å²) in [5.41, 5.74) is 1.54. The van der Waals surface area contributed by atoms with E-state index < -0.39 is 15.0 Å². The lowest BCUT2D eigenvalue weighted by atomic mass is 9.84. The van der Waals surface area contributed by atoms with Crippen LogP contribution >= 0.6 is 0 Å². The van der Waals surface area contributed by atoms with Crippen molar-refractivity contribution in [2.75, 3.05) is 6.61 Å². The summed E-state index contributed by atoms with van der Waals surface area (Å²) in [5.74, 6) is -0.418. The molecule has 1 aromatic rings. The zero-order chi connectivity index (χ0) is 16.9. The largest absolute Gasteiger partial charge is 0.462 e. The van der Waals surface area contributed by atoms with E-state index in [1.165, 1.54) is 0 Å². The number of hydrogen-bond acceptors (Lipinski definition) is 4. The third-order valence-electron chi connectivity index (χ3n) is 3.07. The lowest BCUT2D eigenvalue weighted by Gasteiger charge is -2.33. The maximum atomic E-state index is 12.0. The monoisotopic (exact) mass is 321 g/mol. The molecule has 0 aliphatic rings. The average Bonchev–Trinajstić information content (AvgIpc) is 2.43. The molecule has 1 radical (unpaired) electrons. The van der Waals surface area contributed by atoms with E-state index in [-0.39, 0.29) is 11.5 Å². The summed E-state index contributed by atoms with van der Waals surface area (Å²) in [4.78, 5) is 23.2. The van der Waals surface area contributed by atoms with E-state index in [1.54, 1.807) is 25.1 Å². The van der Waals surface area contributed by atoms with Crippen molar-refractivity contribution in [2.45, 2.75) is 46.9 Å². The molecule has 22 heavy (non-hydrogen) atoms. The van der Waals surface area contributed by atoms with Gasteiger partial charge in [-0.1, -0.05) is 20.8 Å². The van der Waals surface area contributed by atoms with E-state index in [2.05, 4.69) is 33.9 Å². The molecule has 121 valence electrons. The highest BCUT2D eigenvalue weighted by molar-refractivity contribution is 6.48. The molecule has 0 N–H and O–H groups in total. The topological polar surface area (TPSA) is 52.6 Å². The average molecular weight is 321 g/mol.